The van der Waals surface area contributed by atoms with Crippen LogP contribution in [0.25, 0.3) is 0 Å². The van der Waals surface area contributed by atoms with Gasteiger partial charge in [-0.3, -0.25) is 4.79 Å². The molecule has 0 radical (unpaired) electrons. The highest BCUT2D eigenvalue weighted by molar-refractivity contribution is 5.97. The number of carbonyl (C=O) groups is 1. The average molecular weight is 235 g/mol. The first-order valence-corrected chi connectivity index (χ1v) is 6.19. The molecule has 0 N–H and O–H groups in total. The fourth-order valence-corrected chi connectivity index (χ4v) is 2.33. The van der Waals surface area contributed by atoms with Crippen LogP contribution >= 0.6 is 0 Å². The van der Waals surface area contributed by atoms with Gasteiger partial charge in [0.05, 0.1) is 0 Å². The minimum absolute atomic E-state index is 0.0152. The van der Waals surface area contributed by atoms with Crippen molar-refractivity contribution in [2.45, 2.75) is 19.8 Å². The Labute approximate surface area is 101 Å². The molecule has 0 aromatic heterocycles. The maximum Gasteiger partial charge on any atom is 0.166 e. The number of ketones is 1. The molecule has 1 atom stereocenters. The van der Waals surface area contributed by atoms with Crippen LogP contribution < -0.4 is 0 Å². The Kier molecular flexibility index (Phi) is 3.89. The van der Waals surface area contributed by atoms with Crippen LogP contribution in [-0.4, -0.2) is 30.3 Å². The summed E-state index contributed by atoms with van der Waals surface area (Å²) in [4.78, 5) is 14.4. The van der Waals surface area contributed by atoms with Crippen LogP contribution in [0, 0.1) is 11.7 Å². The first kappa shape index (κ1) is 12.2. The van der Waals surface area contributed by atoms with Crippen molar-refractivity contribution in [3.63, 3.8) is 0 Å². The summed E-state index contributed by atoms with van der Waals surface area (Å²) in [6.45, 7) is 4.96. The van der Waals surface area contributed by atoms with Crippen LogP contribution in [0.4, 0.5) is 4.39 Å². The van der Waals surface area contributed by atoms with Crippen LogP contribution in [0.1, 0.15) is 30.1 Å². The Morgan fingerprint density at radius 3 is 2.47 bits per heavy atom. The third-order valence-electron chi connectivity index (χ3n) is 3.31. The number of rotatable bonds is 4. The topological polar surface area (TPSA) is 20.3 Å². The van der Waals surface area contributed by atoms with E-state index in [0.29, 0.717) is 5.56 Å². The van der Waals surface area contributed by atoms with E-state index in [2.05, 4.69) is 4.90 Å². The monoisotopic (exact) mass is 235 g/mol. The van der Waals surface area contributed by atoms with Crippen LogP contribution in [0.5, 0.6) is 0 Å². The zero-order chi connectivity index (χ0) is 12.3. The van der Waals surface area contributed by atoms with Gasteiger partial charge in [0.1, 0.15) is 5.82 Å². The van der Waals surface area contributed by atoms with Crippen molar-refractivity contribution in [2.24, 2.45) is 5.92 Å². The molecule has 1 aliphatic heterocycles. The molecule has 2 nitrogen and oxygen atoms in total. The molecule has 0 amide bonds. The lowest BCUT2D eigenvalue weighted by atomic mass is 9.99. The third kappa shape index (κ3) is 3.13. The first-order valence-electron chi connectivity index (χ1n) is 6.19. The van der Waals surface area contributed by atoms with Gasteiger partial charge in [0.15, 0.2) is 5.78 Å². The highest BCUT2D eigenvalue weighted by Crippen LogP contribution is 2.14. The van der Waals surface area contributed by atoms with E-state index >= 15 is 0 Å². The van der Waals surface area contributed by atoms with Crippen molar-refractivity contribution in [3.8, 4) is 0 Å². The predicted molar refractivity (Wildman–Crippen MR) is 65.6 cm³/mol. The summed E-state index contributed by atoms with van der Waals surface area (Å²) < 4.78 is 12.8. The van der Waals surface area contributed by atoms with E-state index in [4.69, 9.17) is 0 Å². The summed E-state index contributed by atoms with van der Waals surface area (Å²) in [5.74, 6) is -0.204. The molecule has 0 bridgehead atoms. The summed E-state index contributed by atoms with van der Waals surface area (Å²) in [5.41, 5.74) is 0.609. The van der Waals surface area contributed by atoms with Gasteiger partial charge in [0.25, 0.3) is 0 Å². The van der Waals surface area contributed by atoms with Gasteiger partial charge in [0.2, 0.25) is 0 Å². The molecule has 2 rings (SSSR count). The Morgan fingerprint density at radius 2 is 1.88 bits per heavy atom. The van der Waals surface area contributed by atoms with Crippen LogP contribution in [0.3, 0.4) is 0 Å². The smallest absolute Gasteiger partial charge is 0.166 e. The lowest BCUT2D eigenvalue weighted by molar-refractivity contribution is 0.0903. The second-order valence-corrected chi connectivity index (χ2v) is 4.78. The van der Waals surface area contributed by atoms with Gasteiger partial charge in [-0.1, -0.05) is 6.92 Å². The van der Waals surface area contributed by atoms with Crippen LogP contribution in [-0.2, 0) is 0 Å². The number of hydrogen-bond donors (Lipinski definition) is 0. The molecule has 1 aromatic carbocycles. The van der Waals surface area contributed by atoms with E-state index in [1.165, 1.54) is 25.0 Å². The van der Waals surface area contributed by atoms with Crippen molar-refractivity contribution in [3.05, 3.63) is 35.6 Å². The molecule has 0 saturated carbocycles. The predicted octanol–water partition coefficient (Wildman–Crippen LogP) is 2.74. The minimum atomic E-state index is -0.297. The Bertz CT molecular complexity index is 382. The quantitative estimate of drug-likeness (QED) is 0.748. The van der Waals surface area contributed by atoms with Gasteiger partial charge in [-0.2, -0.15) is 0 Å². The molecule has 1 aliphatic rings. The van der Waals surface area contributed by atoms with E-state index in [0.717, 1.165) is 19.6 Å². The van der Waals surface area contributed by atoms with E-state index in [1.807, 2.05) is 6.92 Å². The Morgan fingerprint density at radius 1 is 1.29 bits per heavy atom. The van der Waals surface area contributed by atoms with Gasteiger partial charge in [-0.15, -0.1) is 0 Å². The summed E-state index contributed by atoms with van der Waals surface area (Å²) in [7, 11) is 0. The molecule has 0 spiro atoms. The molecular formula is C14H18FNO. The van der Waals surface area contributed by atoms with Crippen molar-refractivity contribution in [2.75, 3.05) is 19.6 Å². The SMILES string of the molecule is CC(CN1CCCC1)C(=O)c1ccc(F)cc1. The Hall–Kier alpha value is -1.22. The summed E-state index contributed by atoms with van der Waals surface area (Å²) in [6.07, 6.45) is 2.47. The number of likely N-dealkylation sites (tertiary alicyclic amines) is 1. The van der Waals surface area contributed by atoms with Crippen molar-refractivity contribution in [1.82, 2.24) is 4.90 Å². The highest BCUT2D eigenvalue weighted by Gasteiger charge is 2.20. The van der Waals surface area contributed by atoms with Gasteiger partial charge in [-0.05, 0) is 50.2 Å². The van der Waals surface area contributed by atoms with Crippen LogP contribution in [0.2, 0.25) is 0 Å². The molecule has 1 unspecified atom stereocenters. The van der Waals surface area contributed by atoms with Crippen molar-refractivity contribution >= 4 is 5.78 Å². The molecule has 92 valence electrons. The van der Waals surface area contributed by atoms with Crippen molar-refractivity contribution in [1.29, 1.82) is 0 Å². The van der Waals surface area contributed by atoms with E-state index in [1.54, 1.807) is 12.1 Å². The molecule has 1 aromatic rings. The number of benzene rings is 1. The van der Waals surface area contributed by atoms with Crippen molar-refractivity contribution < 1.29 is 9.18 Å². The Balaban J connectivity index is 1.96. The molecule has 3 heteroatoms. The molecule has 1 fully saturated rings. The van der Waals surface area contributed by atoms with E-state index < -0.39 is 0 Å². The van der Waals surface area contributed by atoms with Crippen LogP contribution in [0.15, 0.2) is 24.3 Å². The largest absolute Gasteiger partial charge is 0.303 e. The van der Waals surface area contributed by atoms with Gasteiger partial charge >= 0.3 is 0 Å². The summed E-state index contributed by atoms with van der Waals surface area (Å²) >= 11 is 0. The molecular weight excluding hydrogens is 217 g/mol. The summed E-state index contributed by atoms with van der Waals surface area (Å²) in [5, 5.41) is 0. The normalized spacial score (nSPS) is 18.2. The van der Waals surface area contributed by atoms with Gasteiger partial charge < -0.3 is 4.90 Å². The molecule has 1 saturated heterocycles. The fourth-order valence-electron chi connectivity index (χ4n) is 2.33. The number of nitrogens with zero attached hydrogens (tertiary/aromatic N) is 1. The van der Waals surface area contributed by atoms with Gasteiger partial charge in [-0.25, -0.2) is 4.39 Å². The van der Waals surface area contributed by atoms with E-state index in [9.17, 15) is 9.18 Å². The maximum absolute atomic E-state index is 12.8. The maximum atomic E-state index is 12.8. The second-order valence-electron chi connectivity index (χ2n) is 4.78. The number of carbonyl (C=O) groups excluding carboxylic acids is 1. The third-order valence-corrected chi connectivity index (χ3v) is 3.31. The highest BCUT2D eigenvalue weighted by atomic mass is 19.1. The lowest BCUT2D eigenvalue weighted by Crippen LogP contribution is -2.29. The second kappa shape index (κ2) is 5.41. The first-order chi connectivity index (χ1) is 8.16. The standard InChI is InChI=1S/C14H18FNO/c1-11(10-16-8-2-3-9-16)14(17)12-4-6-13(15)7-5-12/h4-7,11H,2-3,8-10H2,1H3. The number of halogens is 1. The molecule has 0 aliphatic carbocycles. The lowest BCUT2D eigenvalue weighted by Gasteiger charge is -2.19. The van der Waals surface area contributed by atoms with E-state index in [-0.39, 0.29) is 17.5 Å². The fraction of sp³-hybridized carbons (Fsp3) is 0.500. The zero-order valence-corrected chi connectivity index (χ0v) is 10.2. The van der Waals surface area contributed by atoms with Gasteiger partial charge in [0, 0.05) is 18.0 Å². The minimum Gasteiger partial charge on any atom is -0.303 e. The molecule has 1 heterocycles. The summed E-state index contributed by atoms with van der Waals surface area (Å²) in [6, 6.07) is 5.82. The average Bonchev–Trinajstić information content (AvgIpc) is 2.82. The number of Topliss-reactive ketones (excluding diaryl/α,β-unsaturated/α-hetero) is 1. The zero-order valence-electron chi connectivity index (χ0n) is 10.2. The number of hydrogen-bond acceptors (Lipinski definition) is 2. The molecule has 17 heavy (non-hydrogen) atoms.